The number of para-hydroxylation sites is 2. The quantitative estimate of drug-likeness (QED) is 0.382. The molecule has 1 fully saturated rings. The van der Waals surface area contributed by atoms with Crippen molar-refractivity contribution in [1.82, 2.24) is 5.43 Å². The van der Waals surface area contributed by atoms with Crippen molar-refractivity contribution in [3.8, 4) is 11.5 Å². The maximum Gasteiger partial charge on any atom is 0.262 e. The molecule has 0 aliphatic carbocycles. The summed E-state index contributed by atoms with van der Waals surface area (Å²) in [4.78, 5) is 39.2. The first-order valence-electron chi connectivity index (χ1n) is 11.6. The Morgan fingerprint density at radius 1 is 1.03 bits per heavy atom. The van der Waals surface area contributed by atoms with Gasteiger partial charge in [-0.3, -0.25) is 25.2 Å². The maximum absolute atomic E-state index is 13.2. The lowest BCUT2D eigenvalue weighted by atomic mass is 10.1. The van der Waals surface area contributed by atoms with Crippen LogP contribution in [0.5, 0.6) is 11.5 Å². The summed E-state index contributed by atoms with van der Waals surface area (Å²) < 4.78 is 24.3. The third-order valence-electron chi connectivity index (χ3n) is 5.92. The number of halogens is 1. The molecule has 192 valence electrons. The van der Waals surface area contributed by atoms with Gasteiger partial charge < -0.3 is 19.7 Å². The lowest BCUT2D eigenvalue weighted by molar-refractivity contribution is -0.125. The number of carbonyl (C=O) groups excluding carboxylic acids is 3. The summed E-state index contributed by atoms with van der Waals surface area (Å²) in [5.41, 5.74) is 7.92. The van der Waals surface area contributed by atoms with Crippen LogP contribution in [-0.4, -0.2) is 38.0 Å². The summed E-state index contributed by atoms with van der Waals surface area (Å²) in [6.07, 6.45) is 0.0193. The zero-order chi connectivity index (χ0) is 26.4. The molecule has 3 N–H and O–H groups in total. The number of anilines is 3. The fraction of sp³-hybridized carbons (Fsp3) is 0.222. The molecule has 1 heterocycles. The van der Waals surface area contributed by atoms with Gasteiger partial charge in [0.15, 0.2) is 18.1 Å². The zero-order valence-corrected chi connectivity index (χ0v) is 20.4. The van der Waals surface area contributed by atoms with E-state index >= 15 is 0 Å². The van der Waals surface area contributed by atoms with Crippen LogP contribution >= 0.6 is 0 Å². The Kier molecular flexibility index (Phi) is 7.87. The molecule has 3 amide bonds. The Morgan fingerprint density at radius 3 is 2.49 bits per heavy atom. The molecule has 37 heavy (non-hydrogen) atoms. The highest BCUT2D eigenvalue weighted by Crippen LogP contribution is 2.35. The number of hydrogen-bond acceptors (Lipinski definition) is 6. The van der Waals surface area contributed by atoms with Crippen LogP contribution in [0.2, 0.25) is 0 Å². The molecule has 0 radical (unpaired) electrons. The summed E-state index contributed by atoms with van der Waals surface area (Å²) in [7, 11) is 1.46. The third-order valence-corrected chi connectivity index (χ3v) is 5.92. The van der Waals surface area contributed by atoms with Crippen LogP contribution in [0, 0.1) is 18.7 Å². The highest BCUT2D eigenvalue weighted by atomic mass is 19.1. The zero-order valence-electron chi connectivity index (χ0n) is 20.4. The van der Waals surface area contributed by atoms with E-state index in [2.05, 4.69) is 16.2 Å². The molecule has 0 saturated carbocycles. The van der Waals surface area contributed by atoms with E-state index < -0.39 is 17.6 Å². The van der Waals surface area contributed by atoms with Gasteiger partial charge >= 0.3 is 0 Å². The van der Waals surface area contributed by atoms with Crippen LogP contribution in [0.3, 0.4) is 0 Å². The second-order valence-corrected chi connectivity index (χ2v) is 8.48. The topological polar surface area (TPSA) is 109 Å². The predicted octanol–water partition coefficient (Wildman–Crippen LogP) is 3.66. The average molecular weight is 507 g/mol. The number of benzene rings is 3. The normalized spacial score (nSPS) is 14.7. The van der Waals surface area contributed by atoms with Crippen molar-refractivity contribution < 1.29 is 28.2 Å². The second-order valence-electron chi connectivity index (χ2n) is 8.48. The van der Waals surface area contributed by atoms with Gasteiger partial charge in [-0.15, -0.1) is 0 Å². The average Bonchev–Trinajstić information content (AvgIpc) is 3.29. The largest absolute Gasteiger partial charge is 0.493 e. The minimum Gasteiger partial charge on any atom is -0.493 e. The number of hydrogen-bond donors (Lipinski definition) is 3. The molecule has 0 unspecified atom stereocenters. The minimum absolute atomic E-state index is 0.0193. The van der Waals surface area contributed by atoms with Gasteiger partial charge in [-0.05, 0) is 55.0 Å². The molecule has 10 heteroatoms. The smallest absolute Gasteiger partial charge is 0.262 e. The molecule has 1 aliphatic heterocycles. The number of rotatable bonds is 9. The number of hydrazine groups is 1. The molecule has 4 rings (SSSR count). The SMILES string of the molecule is COc1cccc(NNC(=O)[C@@H]2CC(=O)N(c3ccc(F)cc3)C2)c1OCC(=O)Nc1ccccc1C. The molecule has 9 nitrogen and oxygen atoms in total. The van der Waals surface area contributed by atoms with Crippen molar-refractivity contribution in [2.75, 3.05) is 35.9 Å². The van der Waals surface area contributed by atoms with Crippen LogP contribution in [-0.2, 0) is 14.4 Å². The fourth-order valence-electron chi connectivity index (χ4n) is 3.95. The van der Waals surface area contributed by atoms with Gasteiger partial charge in [-0.1, -0.05) is 24.3 Å². The lowest BCUT2D eigenvalue weighted by Crippen LogP contribution is -2.36. The summed E-state index contributed by atoms with van der Waals surface area (Å²) in [5.74, 6) is -1.40. The molecule has 1 saturated heterocycles. The van der Waals surface area contributed by atoms with Gasteiger partial charge in [-0.2, -0.15) is 0 Å². The number of aryl methyl sites for hydroxylation is 1. The number of nitrogens with one attached hydrogen (secondary N) is 3. The van der Waals surface area contributed by atoms with Crippen molar-refractivity contribution in [3.05, 3.63) is 78.1 Å². The summed E-state index contributed by atoms with van der Waals surface area (Å²) in [5, 5.41) is 2.80. The predicted molar refractivity (Wildman–Crippen MR) is 137 cm³/mol. The molecule has 1 atom stereocenters. The van der Waals surface area contributed by atoms with Crippen molar-refractivity contribution in [1.29, 1.82) is 0 Å². The molecule has 3 aromatic carbocycles. The summed E-state index contributed by atoms with van der Waals surface area (Å²) in [6.45, 7) is 1.76. The van der Waals surface area contributed by atoms with E-state index in [1.807, 2.05) is 25.1 Å². The number of amides is 3. The van der Waals surface area contributed by atoms with Crippen LogP contribution in [0.25, 0.3) is 0 Å². The Bertz CT molecular complexity index is 1300. The van der Waals surface area contributed by atoms with E-state index in [1.165, 1.54) is 36.3 Å². The number of carbonyl (C=O) groups is 3. The monoisotopic (exact) mass is 506 g/mol. The molecule has 0 bridgehead atoms. The standard InChI is InChI=1S/C27H27FN4O5/c1-17-6-3-4-7-21(17)29-24(33)16-37-26-22(8-5-9-23(26)36-2)30-31-27(35)18-14-25(34)32(15-18)20-12-10-19(28)11-13-20/h3-13,18,30H,14-16H2,1-2H3,(H,29,33)(H,31,35)/t18-/m1/s1. The van der Waals surface area contributed by atoms with Crippen LogP contribution in [0.1, 0.15) is 12.0 Å². The third kappa shape index (κ3) is 6.16. The maximum atomic E-state index is 13.2. The Hall–Kier alpha value is -4.60. The summed E-state index contributed by atoms with van der Waals surface area (Å²) in [6, 6.07) is 17.9. The van der Waals surface area contributed by atoms with Crippen molar-refractivity contribution >= 4 is 34.8 Å². The minimum atomic E-state index is -0.611. The Morgan fingerprint density at radius 2 is 1.76 bits per heavy atom. The first kappa shape index (κ1) is 25.5. The molecule has 1 aliphatic rings. The van der Waals surface area contributed by atoms with E-state index in [0.29, 0.717) is 22.8 Å². The second kappa shape index (κ2) is 11.4. The van der Waals surface area contributed by atoms with Crippen LogP contribution in [0.4, 0.5) is 21.5 Å². The first-order valence-corrected chi connectivity index (χ1v) is 11.6. The van der Waals surface area contributed by atoms with Gasteiger partial charge in [0.25, 0.3) is 5.91 Å². The van der Waals surface area contributed by atoms with Crippen molar-refractivity contribution in [2.24, 2.45) is 5.92 Å². The number of nitrogens with zero attached hydrogens (tertiary/aromatic N) is 1. The van der Waals surface area contributed by atoms with Gasteiger partial charge in [-0.25, -0.2) is 4.39 Å². The highest BCUT2D eigenvalue weighted by molar-refractivity contribution is 6.00. The van der Waals surface area contributed by atoms with E-state index in [0.717, 1.165) is 5.56 Å². The summed E-state index contributed by atoms with van der Waals surface area (Å²) >= 11 is 0. The van der Waals surface area contributed by atoms with E-state index in [-0.39, 0.29) is 37.1 Å². The molecule has 0 spiro atoms. The number of methoxy groups -OCH3 is 1. The van der Waals surface area contributed by atoms with E-state index in [1.54, 1.807) is 24.3 Å². The molecular weight excluding hydrogens is 479 g/mol. The van der Waals surface area contributed by atoms with Crippen molar-refractivity contribution in [3.63, 3.8) is 0 Å². The van der Waals surface area contributed by atoms with E-state index in [4.69, 9.17) is 9.47 Å². The lowest BCUT2D eigenvalue weighted by Gasteiger charge is -2.18. The van der Waals surface area contributed by atoms with Gasteiger partial charge in [0.2, 0.25) is 11.8 Å². The highest BCUT2D eigenvalue weighted by Gasteiger charge is 2.35. The fourth-order valence-corrected chi connectivity index (χ4v) is 3.95. The Balaban J connectivity index is 1.37. The van der Waals surface area contributed by atoms with E-state index in [9.17, 15) is 18.8 Å². The Labute approximate surface area is 213 Å². The molecule has 0 aromatic heterocycles. The molecular formula is C27H27FN4O5. The molecule has 3 aromatic rings. The van der Waals surface area contributed by atoms with Crippen molar-refractivity contribution in [2.45, 2.75) is 13.3 Å². The van der Waals surface area contributed by atoms with Crippen LogP contribution < -0.4 is 30.5 Å². The van der Waals surface area contributed by atoms with Gasteiger partial charge in [0.1, 0.15) is 5.82 Å². The van der Waals surface area contributed by atoms with Gasteiger partial charge in [0.05, 0.1) is 18.7 Å². The number of ether oxygens (including phenoxy) is 2. The first-order chi connectivity index (χ1) is 17.9. The van der Waals surface area contributed by atoms with Crippen LogP contribution in [0.15, 0.2) is 66.7 Å². The van der Waals surface area contributed by atoms with Gasteiger partial charge in [0, 0.05) is 24.3 Å².